The standard InChI is InChI=1S/C16H22N4O4/c1-3-20-9-11(8-17-20)15-13(5-4-6-23-15)18-16(21)14-7-12(10-22-2)24-19-14/h7-9,13,15H,3-6,10H2,1-2H3,(H,18,21)/t13-,15+/m0/s1. The summed E-state index contributed by atoms with van der Waals surface area (Å²) in [5.74, 6) is 0.243. The molecule has 2 aromatic rings. The van der Waals surface area contributed by atoms with Gasteiger partial charge in [0.25, 0.3) is 5.91 Å². The third kappa shape index (κ3) is 3.65. The molecule has 2 atom stereocenters. The topological polar surface area (TPSA) is 91.4 Å². The summed E-state index contributed by atoms with van der Waals surface area (Å²) >= 11 is 0. The highest BCUT2D eigenvalue weighted by Crippen LogP contribution is 2.28. The molecule has 8 heteroatoms. The smallest absolute Gasteiger partial charge is 0.273 e. The van der Waals surface area contributed by atoms with Crippen LogP contribution >= 0.6 is 0 Å². The van der Waals surface area contributed by atoms with Crippen molar-refractivity contribution in [2.75, 3.05) is 13.7 Å². The molecule has 1 N–H and O–H groups in total. The van der Waals surface area contributed by atoms with Crippen LogP contribution in [0.2, 0.25) is 0 Å². The molecule has 130 valence electrons. The molecular formula is C16H22N4O4. The molecule has 0 aliphatic carbocycles. The van der Waals surface area contributed by atoms with Crippen molar-refractivity contribution < 1.29 is 18.8 Å². The van der Waals surface area contributed by atoms with Gasteiger partial charge < -0.3 is 19.3 Å². The Morgan fingerprint density at radius 2 is 2.42 bits per heavy atom. The number of carbonyl (C=O) groups excluding carboxylic acids is 1. The van der Waals surface area contributed by atoms with E-state index < -0.39 is 0 Å². The predicted molar refractivity (Wildman–Crippen MR) is 84.3 cm³/mol. The number of amides is 1. The van der Waals surface area contributed by atoms with Crippen LogP contribution in [0.25, 0.3) is 0 Å². The highest BCUT2D eigenvalue weighted by molar-refractivity contribution is 5.92. The van der Waals surface area contributed by atoms with Gasteiger partial charge in [0, 0.05) is 38.1 Å². The summed E-state index contributed by atoms with van der Waals surface area (Å²) in [4.78, 5) is 12.4. The van der Waals surface area contributed by atoms with Crippen molar-refractivity contribution in [2.45, 2.75) is 45.1 Å². The van der Waals surface area contributed by atoms with E-state index in [0.29, 0.717) is 12.4 Å². The third-order valence-corrected chi connectivity index (χ3v) is 4.02. The number of aryl methyl sites for hydroxylation is 1. The quantitative estimate of drug-likeness (QED) is 0.864. The number of nitrogens with zero attached hydrogens (tertiary/aromatic N) is 3. The molecule has 1 aliphatic heterocycles. The summed E-state index contributed by atoms with van der Waals surface area (Å²) in [6.45, 7) is 3.78. The molecule has 0 saturated carbocycles. The van der Waals surface area contributed by atoms with Gasteiger partial charge in [0.1, 0.15) is 12.7 Å². The Morgan fingerprint density at radius 1 is 1.54 bits per heavy atom. The predicted octanol–water partition coefficient (Wildman–Crippen LogP) is 1.69. The maximum absolute atomic E-state index is 12.4. The van der Waals surface area contributed by atoms with Crippen LogP contribution in [0, 0.1) is 0 Å². The number of hydrogen-bond donors (Lipinski definition) is 1. The average molecular weight is 334 g/mol. The molecular weight excluding hydrogens is 312 g/mol. The van der Waals surface area contributed by atoms with E-state index >= 15 is 0 Å². The van der Waals surface area contributed by atoms with Crippen LogP contribution in [0.3, 0.4) is 0 Å². The molecule has 2 aromatic heterocycles. The van der Waals surface area contributed by atoms with E-state index in [-0.39, 0.29) is 30.4 Å². The summed E-state index contributed by atoms with van der Waals surface area (Å²) in [7, 11) is 1.56. The number of rotatable bonds is 6. The first-order valence-corrected chi connectivity index (χ1v) is 8.10. The van der Waals surface area contributed by atoms with E-state index in [1.165, 1.54) is 0 Å². The van der Waals surface area contributed by atoms with Gasteiger partial charge in [-0.3, -0.25) is 9.48 Å². The van der Waals surface area contributed by atoms with Gasteiger partial charge in [0.2, 0.25) is 0 Å². The van der Waals surface area contributed by atoms with Gasteiger partial charge >= 0.3 is 0 Å². The fourth-order valence-corrected chi connectivity index (χ4v) is 2.83. The van der Waals surface area contributed by atoms with Crippen molar-refractivity contribution in [3.8, 4) is 0 Å². The van der Waals surface area contributed by atoms with Crippen LogP contribution in [-0.4, -0.2) is 40.6 Å². The molecule has 1 saturated heterocycles. The van der Waals surface area contributed by atoms with Gasteiger partial charge in [-0.05, 0) is 19.8 Å². The van der Waals surface area contributed by atoms with Gasteiger partial charge in [-0.25, -0.2) is 0 Å². The number of ether oxygens (including phenoxy) is 2. The van der Waals surface area contributed by atoms with E-state index in [1.54, 1.807) is 19.4 Å². The summed E-state index contributed by atoms with van der Waals surface area (Å²) in [6.07, 6.45) is 5.30. The molecule has 1 amide bonds. The molecule has 0 spiro atoms. The van der Waals surface area contributed by atoms with Gasteiger partial charge in [-0.2, -0.15) is 5.10 Å². The van der Waals surface area contributed by atoms with Crippen molar-refractivity contribution in [1.82, 2.24) is 20.3 Å². The van der Waals surface area contributed by atoms with Crippen molar-refractivity contribution >= 4 is 5.91 Å². The second kappa shape index (κ2) is 7.59. The Bertz CT molecular complexity index is 681. The lowest BCUT2D eigenvalue weighted by atomic mass is 9.98. The highest BCUT2D eigenvalue weighted by atomic mass is 16.5. The number of methoxy groups -OCH3 is 1. The summed E-state index contributed by atoms with van der Waals surface area (Å²) in [6, 6.07) is 1.47. The Balaban J connectivity index is 1.69. The van der Waals surface area contributed by atoms with Crippen molar-refractivity contribution in [3.63, 3.8) is 0 Å². The van der Waals surface area contributed by atoms with E-state index in [4.69, 9.17) is 14.0 Å². The lowest BCUT2D eigenvalue weighted by Gasteiger charge is -2.31. The Hall–Kier alpha value is -2.19. The fraction of sp³-hybridized carbons (Fsp3) is 0.562. The Morgan fingerprint density at radius 3 is 3.17 bits per heavy atom. The SMILES string of the molecule is CCn1cc([C@H]2OCCC[C@@H]2NC(=O)c2cc(COC)on2)cn1. The first-order chi connectivity index (χ1) is 11.7. The Kier molecular flexibility index (Phi) is 5.27. The molecule has 0 radical (unpaired) electrons. The molecule has 3 heterocycles. The first kappa shape index (κ1) is 16.7. The highest BCUT2D eigenvalue weighted by Gasteiger charge is 2.30. The summed E-state index contributed by atoms with van der Waals surface area (Å²) in [5.41, 5.74) is 1.22. The van der Waals surface area contributed by atoms with E-state index in [1.807, 2.05) is 17.8 Å². The van der Waals surface area contributed by atoms with Crippen LogP contribution in [0.15, 0.2) is 23.0 Å². The number of hydrogen-bond acceptors (Lipinski definition) is 6. The zero-order valence-corrected chi connectivity index (χ0v) is 13.9. The molecule has 1 aliphatic rings. The zero-order valence-electron chi connectivity index (χ0n) is 13.9. The van der Waals surface area contributed by atoms with Gasteiger partial charge in [-0.1, -0.05) is 5.16 Å². The van der Waals surface area contributed by atoms with E-state index in [0.717, 1.165) is 24.9 Å². The number of aromatic nitrogens is 3. The van der Waals surface area contributed by atoms with E-state index in [2.05, 4.69) is 15.6 Å². The van der Waals surface area contributed by atoms with Crippen LogP contribution in [0.4, 0.5) is 0 Å². The van der Waals surface area contributed by atoms with Gasteiger partial charge in [-0.15, -0.1) is 0 Å². The minimum atomic E-state index is -0.274. The Labute approximate surface area is 140 Å². The average Bonchev–Trinajstić information content (AvgIpc) is 3.25. The monoisotopic (exact) mass is 334 g/mol. The summed E-state index contributed by atoms with van der Waals surface area (Å²) in [5, 5.41) is 11.1. The molecule has 24 heavy (non-hydrogen) atoms. The maximum atomic E-state index is 12.4. The molecule has 3 rings (SSSR count). The largest absolute Gasteiger partial charge is 0.377 e. The van der Waals surface area contributed by atoms with Gasteiger partial charge in [0.15, 0.2) is 11.5 Å². The van der Waals surface area contributed by atoms with Crippen molar-refractivity contribution in [2.24, 2.45) is 0 Å². The van der Waals surface area contributed by atoms with E-state index in [9.17, 15) is 4.79 Å². The van der Waals surface area contributed by atoms with Crippen LogP contribution in [0.1, 0.15) is 47.7 Å². The zero-order chi connectivity index (χ0) is 16.9. The normalized spacial score (nSPS) is 20.9. The molecule has 1 fully saturated rings. The van der Waals surface area contributed by atoms with Crippen molar-refractivity contribution in [3.05, 3.63) is 35.5 Å². The van der Waals surface area contributed by atoms with Gasteiger partial charge in [0.05, 0.1) is 12.2 Å². The van der Waals surface area contributed by atoms with Crippen LogP contribution in [-0.2, 0) is 22.6 Å². The molecule has 0 bridgehead atoms. The lowest BCUT2D eigenvalue weighted by Crippen LogP contribution is -2.42. The third-order valence-electron chi connectivity index (χ3n) is 4.02. The molecule has 8 nitrogen and oxygen atoms in total. The second-order valence-electron chi connectivity index (χ2n) is 5.75. The first-order valence-electron chi connectivity index (χ1n) is 8.10. The summed E-state index contributed by atoms with van der Waals surface area (Å²) < 4.78 is 17.8. The minimum Gasteiger partial charge on any atom is -0.377 e. The van der Waals surface area contributed by atoms with Crippen LogP contribution < -0.4 is 5.32 Å². The number of carbonyl (C=O) groups is 1. The lowest BCUT2D eigenvalue weighted by molar-refractivity contribution is -0.00959. The molecule has 0 unspecified atom stereocenters. The minimum absolute atomic E-state index is 0.122. The van der Waals surface area contributed by atoms with Crippen LogP contribution in [0.5, 0.6) is 0 Å². The number of nitrogens with one attached hydrogen (secondary N) is 1. The fourth-order valence-electron chi connectivity index (χ4n) is 2.83. The molecule has 0 aromatic carbocycles. The van der Waals surface area contributed by atoms with Crippen molar-refractivity contribution in [1.29, 1.82) is 0 Å². The second-order valence-corrected chi connectivity index (χ2v) is 5.75. The maximum Gasteiger partial charge on any atom is 0.273 e.